The Morgan fingerprint density at radius 2 is 0.919 bits per heavy atom. The first-order valence-corrected chi connectivity index (χ1v) is 23.0. The fourth-order valence-electron chi connectivity index (χ4n) is 9.67. The zero-order valence-electron chi connectivity index (χ0n) is 24.6. The molecule has 5 heteroatoms. The molecule has 0 heterocycles. The molecule has 0 aromatic carbocycles. The van der Waals surface area contributed by atoms with Gasteiger partial charge in [-0.3, -0.25) is 0 Å². The van der Waals surface area contributed by atoms with Crippen LogP contribution in [0.1, 0.15) is 117 Å². The molecule has 0 amide bonds. The topological polar surface area (TPSA) is 0 Å². The molecule has 0 aromatic rings. The van der Waals surface area contributed by atoms with Gasteiger partial charge in [-0.15, -0.1) is 0 Å². The van der Waals surface area contributed by atoms with E-state index in [1.807, 2.05) is 0 Å². The molecule has 6 saturated carbocycles. The molecule has 6 rings (SSSR count). The number of thiol groups is 1. The van der Waals surface area contributed by atoms with E-state index in [-0.39, 0.29) is 14.9 Å². The van der Waals surface area contributed by atoms with Gasteiger partial charge in [0.2, 0.25) is 0 Å². The van der Waals surface area contributed by atoms with E-state index in [0.717, 1.165) is 69.0 Å². The summed E-state index contributed by atoms with van der Waals surface area (Å²) in [6, 6.07) is 0. The molecule has 12 unspecified atom stereocenters. The molecule has 0 N–H and O–H groups in total. The van der Waals surface area contributed by atoms with Crippen molar-refractivity contribution in [2.45, 2.75) is 133 Å². The molecule has 0 spiro atoms. The predicted octanol–water partition coefficient (Wildman–Crippen LogP) is 11.6. The Morgan fingerprint density at radius 1 is 0.568 bits per heavy atom. The molecule has 6 aliphatic carbocycles. The van der Waals surface area contributed by atoms with Crippen molar-refractivity contribution in [3.63, 3.8) is 0 Å². The molecule has 0 nitrogen and oxygen atoms in total. The van der Waals surface area contributed by atoms with Gasteiger partial charge in [0.15, 0.2) is 0 Å². The van der Waals surface area contributed by atoms with Crippen molar-refractivity contribution in [3.05, 3.63) is 14.9 Å². The second-order valence-corrected chi connectivity index (χ2v) is 19.5. The molecule has 0 radical (unpaired) electrons. The number of rotatable bonds is 2. The first-order chi connectivity index (χ1) is 16.9. The SMILES string of the molecule is CC1CC2CCCC(S)C2C1.CC1CC2CCCC(SC3CCCC4CC(C)CC43)C2C1.[CH3-].[CH3-].[Cl][Zr+2][Cl]. The van der Waals surface area contributed by atoms with Crippen molar-refractivity contribution in [3.8, 4) is 0 Å². The molecule has 0 aliphatic heterocycles. The minimum atomic E-state index is -0.826. The van der Waals surface area contributed by atoms with Gasteiger partial charge in [-0.1, -0.05) is 59.3 Å². The van der Waals surface area contributed by atoms with Crippen molar-refractivity contribution < 1.29 is 20.8 Å². The number of thioether (sulfide) groups is 1. The summed E-state index contributed by atoms with van der Waals surface area (Å²) in [5, 5.41) is 2.81. The molecular formula is C32H58Cl2S2Zr. The second-order valence-electron chi connectivity index (χ2n) is 13.6. The van der Waals surface area contributed by atoms with Gasteiger partial charge in [-0.05, 0) is 111 Å². The molecule has 37 heavy (non-hydrogen) atoms. The summed E-state index contributed by atoms with van der Waals surface area (Å²) in [7, 11) is 9.87. The maximum atomic E-state index is 4.93. The molecule has 0 bridgehead atoms. The van der Waals surface area contributed by atoms with E-state index in [1.165, 1.54) is 44.9 Å². The molecule has 6 aliphatic rings. The van der Waals surface area contributed by atoms with Crippen LogP contribution in [0.15, 0.2) is 0 Å². The van der Waals surface area contributed by atoms with Crippen molar-refractivity contribution in [2.24, 2.45) is 53.3 Å². The number of hydrogen-bond acceptors (Lipinski definition) is 2. The van der Waals surface area contributed by atoms with E-state index >= 15 is 0 Å². The van der Waals surface area contributed by atoms with Crippen LogP contribution in [0, 0.1) is 68.1 Å². The standard InChI is InChI=1S/C20H34S.C10H18S.2CH3.2ClH.Zr/c1-13-9-15-5-3-7-19(17(15)11-13)21-20-8-4-6-16-10-14(2)12-18(16)20;1-7-5-8-3-2-4-10(11)9(8)6-7;;;;;/h13-20H,3-12H2,1-2H3;7-11H,2-6H2,1H3;2*1H3;2*1H;/q;;2*-1;;;+4/p-2. The predicted molar refractivity (Wildman–Crippen MR) is 170 cm³/mol. The molecule has 0 saturated heterocycles. The van der Waals surface area contributed by atoms with Crippen LogP contribution in [0.2, 0.25) is 0 Å². The Balaban J connectivity index is 0.000000256. The average molecular weight is 669 g/mol. The van der Waals surface area contributed by atoms with Gasteiger partial charge in [0.1, 0.15) is 0 Å². The summed E-state index contributed by atoms with van der Waals surface area (Å²) < 4.78 is 0. The summed E-state index contributed by atoms with van der Waals surface area (Å²) in [6.45, 7) is 7.42. The maximum absolute atomic E-state index is 4.93. The Labute approximate surface area is 261 Å². The van der Waals surface area contributed by atoms with Crippen molar-refractivity contribution in [1.29, 1.82) is 0 Å². The monoisotopic (exact) mass is 666 g/mol. The second kappa shape index (κ2) is 17.3. The summed E-state index contributed by atoms with van der Waals surface area (Å²) in [5.41, 5.74) is 0. The fourth-order valence-corrected chi connectivity index (χ4v) is 12.3. The minimum absolute atomic E-state index is 0. The Bertz CT molecular complexity index is 602. The van der Waals surface area contributed by atoms with E-state index in [4.69, 9.17) is 17.0 Å². The van der Waals surface area contributed by atoms with Gasteiger partial charge in [-0.25, -0.2) is 0 Å². The zero-order valence-corrected chi connectivity index (χ0v) is 30.3. The first-order valence-electron chi connectivity index (χ1n) is 15.2. The Hall–Kier alpha value is 2.16. The van der Waals surface area contributed by atoms with Gasteiger partial charge in [-0.2, -0.15) is 24.4 Å². The number of hydrogen-bond donors (Lipinski definition) is 1. The summed E-state index contributed by atoms with van der Waals surface area (Å²) >= 11 is 6.35. The van der Waals surface area contributed by atoms with Crippen LogP contribution in [0.25, 0.3) is 0 Å². The number of fused-ring (bicyclic) bond motifs is 3. The third-order valence-electron chi connectivity index (χ3n) is 11.0. The van der Waals surface area contributed by atoms with Crippen molar-refractivity contribution in [1.82, 2.24) is 0 Å². The molecular weight excluding hydrogens is 611 g/mol. The summed E-state index contributed by atoms with van der Waals surface area (Å²) in [6.07, 6.45) is 22.7. The van der Waals surface area contributed by atoms with Crippen molar-refractivity contribution in [2.75, 3.05) is 0 Å². The van der Waals surface area contributed by atoms with E-state index in [9.17, 15) is 0 Å². The molecule has 216 valence electrons. The first kappa shape index (κ1) is 35.4. The fraction of sp³-hybridized carbons (Fsp3) is 0.938. The van der Waals surface area contributed by atoms with Crippen LogP contribution < -0.4 is 0 Å². The van der Waals surface area contributed by atoms with Gasteiger partial charge in [0.25, 0.3) is 0 Å². The quantitative estimate of drug-likeness (QED) is 0.226. The normalized spacial score (nSPS) is 45.7. The summed E-state index contributed by atoms with van der Waals surface area (Å²) in [5.74, 6) is 9.44. The summed E-state index contributed by atoms with van der Waals surface area (Å²) in [4.78, 5) is 0. The molecule has 12 atom stereocenters. The average Bonchev–Trinajstić information content (AvgIpc) is 3.50. The molecule has 0 aromatic heterocycles. The Kier molecular flexibility index (Phi) is 16.6. The van der Waals surface area contributed by atoms with Crippen LogP contribution in [0.5, 0.6) is 0 Å². The van der Waals surface area contributed by atoms with Gasteiger partial charge < -0.3 is 14.9 Å². The van der Waals surface area contributed by atoms with E-state index < -0.39 is 20.8 Å². The number of halogens is 2. The third kappa shape index (κ3) is 9.58. The van der Waals surface area contributed by atoms with Crippen LogP contribution in [0.3, 0.4) is 0 Å². The van der Waals surface area contributed by atoms with E-state index in [1.54, 1.807) is 51.4 Å². The van der Waals surface area contributed by atoms with Crippen LogP contribution in [-0.4, -0.2) is 15.7 Å². The van der Waals surface area contributed by atoms with Gasteiger partial charge >= 0.3 is 37.9 Å². The zero-order chi connectivity index (χ0) is 24.9. The van der Waals surface area contributed by atoms with E-state index in [2.05, 4.69) is 45.2 Å². The van der Waals surface area contributed by atoms with E-state index in [0.29, 0.717) is 0 Å². The van der Waals surface area contributed by atoms with Crippen LogP contribution in [0.4, 0.5) is 0 Å². The van der Waals surface area contributed by atoms with Crippen LogP contribution >= 0.6 is 41.4 Å². The van der Waals surface area contributed by atoms with Crippen molar-refractivity contribution >= 4 is 41.4 Å². The molecule has 6 fully saturated rings. The van der Waals surface area contributed by atoms with Crippen LogP contribution in [-0.2, 0) is 20.8 Å². The Morgan fingerprint density at radius 3 is 1.32 bits per heavy atom. The van der Waals surface area contributed by atoms with Gasteiger partial charge in [0.05, 0.1) is 0 Å². The third-order valence-corrected chi connectivity index (χ3v) is 13.5. The van der Waals surface area contributed by atoms with Gasteiger partial charge in [0, 0.05) is 15.7 Å².